The number of fused-ring (bicyclic) bond motifs is 4. The molecule has 6 rings (SSSR count). The van der Waals surface area contributed by atoms with Gasteiger partial charge in [-0.1, -0.05) is 0 Å². The minimum atomic E-state index is -2.23. The van der Waals surface area contributed by atoms with E-state index < -0.39 is 23.2 Å². The van der Waals surface area contributed by atoms with Crippen molar-refractivity contribution in [3.05, 3.63) is 97.3 Å². The van der Waals surface area contributed by atoms with Crippen molar-refractivity contribution in [2.45, 2.75) is 99.1 Å². The normalized spacial score (nSPS) is 17.8. The van der Waals surface area contributed by atoms with Gasteiger partial charge in [0, 0.05) is 0 Å². The first kappa shape index (κ1) is 35.3. The molecule has 0 saturated heterocycles. The number of allylic oxidation sites excluding steroid dienone is 4. The molecule has 0 aromatic heterocycles. The van der Waals surface area contributed by atoms with Crippen molar-refractivity contribution < 1.29 is 45.1 Å². The van der Waals surface area contributed by atoms with Crippen LogP contribution in [0.1, 0.15) is 87.1 Å². The van der Waals surface area contributed by atoms with Crippen LogP contribution in [0.15, 0.2) is 81.3 Å². The first-order valence-electron chi connectivity index (χ1n) is 16.1. The van der Waals surface area contributed by atoms with Crippen LogP contribution in [0.2, 0.25) is 12.1 Å². The smallest absolute Gasteiger partial charge is 1.00 e. The molecule has 0 amide bonds. The van der Waals surface area contributed by atoms with E-state index in [-0.39, 0.29) is 35.6 Å². The molecule has 0 atom stereocenters. The zero-order valence-electron chi connectivity index (χ0n) is 28.1. The van der Waals surface area contributed by atoms with Gasteiger partial charge in [-0.15, -0.1) is 0 Å². The van der Waals surface area contributed by atoms with Gasteiger partial charge in [-0.05, 0) is 0 Å². The largest absolute Gasteiger partial charge is 1.00 e. The van der Waals surface area contributed by atoms with Crippen LogP contribution in [0.3, 0.4) is 0 Å². The Hall–Kier alpha value is -1.55. The molecule has 0 aliphatic heterocycles. The van der Waals surface area contributed by atoms with E-state index in [0.29, 0.717) is 5.41 Å². The van der Waals surface area contributed by atoms with Crippen molar-refractivity contribution in [2.75, 3.05) is 0 Å². The van der Waals surface area contributed by atoms with Crippen LogP contribution in [-0.2, 0) is 22.4 Å². The molecule has 44 heavy (non-hydrogen) atoms. The van der Waals surface area contributed by atoms with E-state index in [1.54, 1.807) is 26.2 Å². The number of halogens is 2. The molecule has 3 aromatic rings. The zero-order chi connectivity index (χ0) is 30.0. The van der Waals surface area contributed by atoms with Crippen LogP contribution in [-0.4, -0.2) is 6.19 Å². The number of benzene rings is 3. The summed E-state index contributed by atoms with van der Waals surface area (Å²) in [4.78, 5) is 0. The van der Waals surface area contributed by atoms with E-state index in [2.05, 4.69) is 129 Å². The van der Waals surface area contributed by atoms with Gasteiger partial charge in [0.15, 0.2) is 0 Å². The van der Waals surface area contributed by atoms with Crippen LogP contribution in [0.5, 0.6) is 5.75 Å². The maximum absolute atomic E-state index is 7.49. The van der Waals surface area contributed by atoms with Crippen molar-refractivity contribution in [1.29, 1.82) is 0 Å². The Kier molecular flexibility index (Phi) is 10.4. The summed E-state index contributed by atoms with van der Waals surface area (Å²) in [5, 5.41) is 5.44. The molecular weight excluding hydrogens is 631 g/mol. The maximum Gasteiger partial charge on any atom is -1.00 e. The molecule has 232 valence electrons. The average molecular weight is 680 g/mol. The van der Waals surface area contributed by atoms with E-state index in [1.165, 1.54) is 58.1 Å². The van der Waals surface area contributed by atoms with Crippen LogP contribution in [0.4, 0.5) is 0 Å². The summed E-state index contributed by atoms with van der Waals surface area (Å²) in [7, 11) is 0. The molecule has 3 aliphatic carbocycles. The summed E-state index contributed by atoms with van der Waals surface area (Å²) in [6.07, 6.45) is 5.52. The maximum atomic E-state index is 7.49. The Morgan fingerprint density at radius 2 is 1.52 bits per heavy atom. The summed E-state index contributed by atoms with van der Waals surface area (Å²) in [5.41, 5.74) is 8.44. The third-order valence-corrected chi connectivity index (χ3v) is 22.2. The molecule has 3 aromatic carbocycles. The second-order valence-electron chi connectivity index (χ2n) is 15.1. The fourth-order valence-corrected chi connectivity index (χ4v) is 18.4. The Labute approximate surface area is 284 Å². The Bertz CT molecular complexity index is 1830. The van der Waals surface area contributed by atoms with Gasteiger partial charge in [-0.25, -0.2) is 0 Å². The molecule has 3 aliphatic rings. The van der Waals surface area contributed by atoms with Gasteiger partial charge in [0.2, 0.25) is 0 Å². The first-order chi connectivity index (χ1) is 19.8. The Morgan fingerprint density at radius 3 is 2.18 bits per heavy atom. The third-order valence-electron chi connectivity index (χ3n) is 9.87. The molecule has 0 unspecified atom stereocenters. The summed E-state index contributed by atoms with van der Waals surface area (Å²) >= 11 is -2.23. The Morgan fingerprint density at radius 1 is 0.841 bits per heavy atom. The van der Waals surface area contributed by atoms with Crippen molar-refractivity contribution in [1.82, 2.24) is 0 Å². The van der Waals surface area contributed by atoms with Crippen molar-refractivity contribution in [3.8, 4) is 5.75 Å². The number of rotatable bonds is 5. The van der Waals surface area contributed by atoms with Crippen LogP contribution in [0.25, 0.3) is 22.4 Å². The van der Waals surface area contributed by atoms with Gasteiger partial charge >= 0.3 is 262 Å². The standard InChI is InChI=1S/C25H31.C10H8O.C4H10Si.2ClH.Ti/c1-23(2,3)18-9-8-16-15-25(6,7)22-19-10-11-24(4,5)14-17(19)12-21(22)20(16)13-18;11-10-6-5-8-3-1-2-4-9(8)7-10;1-3-5-4-2;;;/h8-9,13,15H,10-11,14H2,1-7H3;1-7,11H;3-4H2,1-2H3;2*1H;/q;;;;;+3/p-3. The monoisotopic (exact) mass is 678 g/mol. The van der Waals surface area contributed by atoms with Gasteiger partial charge in [0.25, 0.3) is 0 Å². The molecular formula is C39H48Cl2OSiTi. The second-order valence-corrected chi connectivity index (χ2v) is 25.0. The minimum Gasteiger partial charge on any atom is -1.00 e. The molecule has 1 fully saturated rings. The quantitative estimate of drug-likeness (QED) is 0.376. The first-order valence-corrected chi connectivity index (χ1v) is 21.7. The zero-order valence-corrected chi connectivity index (χ0v) is 32.1. The topological polar surface area (TPSA) is 9.23 Å². The predicted molar refractivity (Wildman–Crippen MR) is 179 cm³/mol. The minimum absolute atomic E-state index is 0. The Balaban J connectivity index is 0.00000221. The molecule has 0 bridgehead atoms. The van der Waals surface area contributed by atoms with Crippen LogP contribution < -0.4 is 38.6 Å². The molecule has 0 spiro atoms. The second kappa shape index (κ2) is 12.9. The van der Waals surface area contributed by atoms with E-state index >= 15 is 0 Å². The number of hydrogen-bond donors (Lipinski definition) is 0. The molecule has 0 N–H and O–H groups in total. The summed E-state index contributed by atoms with van der Waals surface area (Å²) in [5.74, 6) is 1.08. The molecule has 1 saturated carbocycles. The molecule has 1 nitrogen and oxygen atoms in total. The molecule has 0 radical (unpaired) electrons. The van der Waals surface area contributed by atoms with Gasteiger partial charge in [0.05, 0.1) is 0 Å². The van der Waals surface area contributed by atoms with Crippen molar-refractivity contribution in [2.24, 2.45) is 10.8 Å². The third kappa shape index (κ3) is 6.37. The van der Waals surface area contributed by atoms with Gasteiger partial charge < -0.3 is 24.8 Å². The SMILES string of the molecule is CC[Si](CC)=[Ti+2]([O]c1ccc2ccccc2c1)[C]1=C2CC(C)(C)CCC2=C2C1=c1cc(C(C)(C)C)ccc1=CC2(C)C.[Cl-].[Cl-]. The van der Waals surface area contributed by atoms with Gasteiger partial charge in [-0.2, -0.15) is 0 Å². The van der Waals surface area contributed by atoms with Gasteiger partial charge in [0.1, 0.15) is 0 Å². The van der Waals surface area contributed by atoms with E-state index in [1.807, 2.05) is 0 Å². The van der Waals surface area contributed by atoms with E-state index in [4.69, 9.17) is 3.32 Å². The fourth-order valence-electron chi connectivity index (χ4n) is 7.51. The molecule has 0 heterocycles. The average Bonchev–Trinajstić information content (AvgIpc) is 3.26. The summed E-state index contributed by atoms with van der Waals surface area (Å²) < 4.78 is 9.19. The number of hydrogen-bond acceptors (Lipinski definition) is 1. The van der Waals surface area contributed by atoms with Crippen LogP contribution in [0, 0.1) is 10.8 Å². The van der Waals surface area contributed by atoms with Crippen LogP contribution >= 0.6 is 0 Å². The van der Waals surface area contributed by atoms with Gasteiger partial charge in [-0.3, -0.25) is 0 Å². The van der Waals surface area contributed by atoms with E-state index in [0.717, 1.165) is 5.75 Å². The van der Waals surface area contributed by atoms with Crippen molar-refractivity contribution in [3.63, 3.8) is 0 Å². The predicted octanol–water partition coefficient (Wildman–Crippen LogP) is 3.53. The fraction of sp³-hybridized carbons (Fsp3) is 0.436. The van der Waals surface area contributed by atoms with E-state index in [9.17, 15) is 0 Å². The van der Waals surface area contributed by atoms with Crippen molar-refractivity contribution >= 4 is 28.6 Å². The molecule has 5 heteroatoms. The summed E-state index contributed by atoms with van der Waals surface area (Å²) in [6, 6.07) is 25.4. The summed E-state index contributed by atoms with van der Waals surface area (Å²) in [6.45, 7) is 21.8.